The molecule has 0 nitrogen and oxygen atoms in total. The normalized spacial score (nSPS) is 73.0. The van der Waals surface area contributed by atoms with Gasteiger partial charge in [-0.25, -0.2) is 0 Å². The van der Waals surface area contributed by atoms with Crippen LogP contribution >= 0.6 is 15.9 Å². The fraction of sp³-hybridized carbons (Fsp3) is 1.00. The number of rotatable bonds is 0. The second-order valence-corrected chi connectivity index (χ2v) is 4.40. The number of hydrogen-bond donors (Lipinski definition) is 0. The highest BCUT2D eigenvalue weighted by atomic mass is 79.9. The third kappa shape index (κ3) is 0.178. The maximum Gasteiger partial charge on any atom is 0.0323 e. The molecule has 2 aliphatic carbocycles. The minimum atomic E-state index is 0.667. The second-order valence-electron chi connectivity index (χ2n) is 2.88. The molecule has 2 saturated carbocycles. The van der Waals surface area contributed by atoms with Crippen molar-refractivity contribution in [2.75, 3.05) is 0 Å². The van der Waals surface area contributed by atoms with Crippen LogP contribution < -0.4 is 0 Å². The van der Waals surface area contributed by atoms with Crippen molar-refractivity contribution in [2.45, 2.75) is 24.1 Å². The molecule has 0 N–H and O–H groups in total. The highest BCUT2D eigenvalue weighted by Crippen LogP contribution is 2.83. The van der Waals surface area contributed by atoms with Crippen molar-refractivity contribution in [3.63, 3.8) is 0 Å². The van der Waals surface area contributed by atoms with E-state index in [0.717, 1.165) is 5.41 Å². The zero-order valence-electron chi connectivity index (χ0n) is 3.79. The molecule has 2 aliphatic rings. The molecule has 0 aliphatic heterocycles. The van der Waals surface area contributed by atoms with Gasteiger partial charge in [-0.2, -0.15) is 0 Å². The Hall–Kier alpha value is 0.480. The zero-order valence-corrected chi connectivity index (χ0v) is 5.38. The first-order chi connectivity index (χ1) is 2.66. The molecule has 6 heavy (non-hydrogen) atoms. The van der Waals surface area contributed by atoms with Crippen molar-refractivity contribution in [3.05, 3.63) is 0 Å². The number of hydrogen-bond acceptors (Lipinski definition) is 0. The maximum atomic E-state index is 3.62. The molecule has 0 aromatic carbocycles. The molecule has 0 aromatic rings. The van der Waals surface area contributed by atoms with E-state index in [9.17, 15) is 0 Å². The van der Waals surface area contributed by atoms with Crippen molar-refractivity contribution in [2.24, 2.45) is 5.41 Å². The van der Waals surface area contributed by atoms with E-state index in [1.165, 1.54) is 12.8 Å². The van der Waals surface area contributed by atoms with Crippen molar-refractivity contribution >= 4 is 15.9 Å². The standard InChI is InChI=1S/C5H7Br/c1-4-2-5(4,6)3-4/h2-3H2,1H3. The lowest BCUT2D eigenvalue weighted by molar-refractivity contribution is 0.726. The first kappa shape index (κ1) is 3.48. The van der Waals surface area contributed by atoms with Gasteiger partial charge in [-0.15, -0.1) is 0 Å². The van der Waals surface area contributed by atoms with Crippen molar-refractivity contribution in [1.29, 1.82) is 0 Å². The van der Waals surface area contributed by atoms with Gasteiger partial charge in [0.1, 0.15) is 0 Å². The first-order valence-electron chi connectivity index (χ1n) is 2.35. The van der Waals surface area contributed by atoms with Crippen LogP contribution in [0.15, 0.2) is 0 Å². The van der Waals surface area contributed by atoms with Gasteiger partial charge < -0.3 is 0 Å². The number of fused-ring (bicyclic) bond motifs is 1. The van der Waals surface area contributed by atoms with Gasteiger partial charge in [0.25, 0.3) is 0 Å². The Bertz CT molecular complexity index is 88.5. The van der Waals surface area contributed by atoms with Crippen LogP contribution in [0, 0.1) is 5.41 Å². The van der Waals surface area contributed by atoms with E-state index in [4.69, 9.17) is 0 Å². The summed E-state index contributed by atoms with van der Waals surface area (Å²) < 4.78 is 0.667. The van der Waals surface area contributed by atoms with Gasteiger partial charge in [-0.3, -0.25) is 0 Å². The molecule has 0 amide bonds. The van der Waals surface area contributed by atoms with Gasteiger partial charge in [0.05, 0.1) is 0 Å². The first-order valence-corrected chi connectivity index (χ1v) is 3.15. The monoisotopic (exact) mass is 146 g/mol. The lowest BCUT2D eigenvalue weighted by Crippen LogP contribution is -1.72. The Morgan fingerprint density at radius 1 is 1.50 bits per heavy atom. The Morgan fingerprint density at radius 3 is 1.67 bits per heavy atom. The Morgan fingerprint density at radius 2 is 1.67 bits per heavy atom. The molecule has 2 fully saturated rings. The summed E-state index contributed by atoms with van der Waals surface area (Å²) in [4.78, 5) is 0. The number of halogens is 1. The van der Waals surface area contributed by atoms with Crippen LogP contribution in [0.4, 0.5) is 0 Å². The van der Waals surface area contributed by atoms with Crippen molar-refractivity contribution < 1.29 is 0 Å². The third-order valence-electron chi connectivity index (χ3n) is 2.17. The summed E-state index contributed by atoms with van der Waals surface area (Å²) >= 11 is 3.62. The lowest BCUT2D eigenvalue weighted by Gasteiger charge is -1.81. The Kier molecular flexibility index (Phi) is 0.304. The molecular weight excluding hydrogens is 140 g/mol. The predicted molar refractivity (Wildman–Crippen MR) is 29.0 cm³/mol. The Balaban J connectivity index is 2.34. The largest absolute Gasteiger partial charge is 0.0847 e. The molecule has 0 radical (unpaired) electrons. The molecular formula is C5H7Br. The highest BCUT2D eigenvalue weighted by Gasteiger charge is 2.78. The molecule has 0 unspecified atom stereocenters. The van der Waals surface area contributed by atoms with Gasteiger partial charge in [0.15, 0.2) is 0 Å². The van der Waals surface area contributed by atoms with Crippen LogP contribution in [0.25, 0.3) is 0 Å². The van der Waals surface area contributed by atoms with E-state index in [0.29, 0.717) is 4.32 Å². The van der Waals surface area contributed by atoms with Crippen LogP contribution in [0.1, 0.15) is 19.8 Å². The van der Waals surface area contributed by atoms with Gasteiger partial charge in [0, 0.05) is 4.32 Å². The summed E-state index contributed by atoms with van der Waals surface area (Å²) in [6, 6.07) is 0. The van der Waals surface area contributed by atoms with Crippen LogP contribution in [-0.2, 0) is 0 Å². The SMILES string of the molecule is CC12CC1(Br)C2. The molecule has 0 atom stereocenters. The van der Waals surface area contributed by atoms with Crippen molar-refractivity contribution in [1.82, 2.24) is 0 Å². The van der Waals surface area contributed by atoms with Gasteiger partial charge >= 0.3 is 0 Å². The average Bonchev–Trinajstić information content (AvgIpc) is 1.78. The topological polar surface area (TPSA) is 0 Å². The van der Waals surface area contributed by atoms with Crippen LogP contribution in [0.5, 0.6) is 0 Å². The molecule has 1 heteroatoms. The summed E-state index contributed by atoms with van der Waals surface area (Å²) in [6.07, 6.45) is 2.86. The summed E-state index contributed by atoms with van der Waals surface area (Å²) in [6.45, 7) is 2.34. The predicted octanol–water partition coefficient (Wildman–Crippen LogP) is 1.93. The summed E-state index contributed by atoms with van der Waals surface area (Å²) in [7, 11) is 0. The molecule has 0 heterocycles. The van der Waals surface area contributed by atoms with Crippen LogP contribution in [0.3, 0.4) is 0 Å². The van der Waals surface area contributed by atoms with Gasteiger partial charge in [-0.05, 0) is 18.3 Å². The summed E-state index contributed by atoms with van der Waals surface area (Å²) in [5, 5.41) is 0. The molecule has 0 spiro atoms. The average molecular weight is 147 g/mol. The number of alkyl halides is 1. The minimum absolute atomic E-state index is 0.667. The van der Waals surface area contributed by atoms with Gasteiger partial charge in [-0.1, -0.05) is 22.9 Å². The minimum Gasteiger partial charge on any atom is -0.0847 e. The zero-order chi connectivity index (χ0) is 4.41. The van der Waals surface area contributed by atoms with E-state index in [1.54, 1.807) is 0 Å². The van der Waals surface area contributed by atoms with E-state index >= 15 is 0 Å². The maximum absolute atomic E-state index is 3.62. The molecule has 34 valence electrons. The van der Waals surface area contributed by atoms with E-state index < -0.39 is 0 Å². The van der Waals surface area contributed by atoms with Crippen LogP contribution in [-0.4, -0.2) is 4.32 Å². The fourth-order valence-electron chi connectivity index (χ4n) is 1.10. The smallest absolute Gasteiger partial charge is 0.0323 e. The molecule has 2 rings (SSSR count). The van der Waals surface area contributed by atoms with Crippen molar-refractivity contribution in [3.8, 4) is 0 Å². The highest BCUT2D eigenvalue weighted by molar-refractivity contribution is 9.10. The fourth-order valence-corrected chi connectivity index (χ4v) is 2.33. The van der Waals surface area contributed by atoms with E-state index in [2.05, 4.69) is 22.9 Å². The van der Waals surface area contributed by atoms with E-state index in [-0.39, 0.29) is 0 Å². The molecule has 0 saturated heterocycles. The third-order valence-corrected chi connectivity index (χ3v) is 3.69. The van der Waals surface area contributed by atoms with E-state index in [1.807, 2.05) is 0 Å². The quantitative estimate of drug-likeness (QED) is 0.459. The lowest BCUT2D eigenvalue weighted by atomic mass is 10.3. The second kappa shape index (κ2) is 0.525. The van der Waals surface area contributed by atoms with Gasteiger partial charge in [0.2, 0.25) is 0 Å². The molecule has 0 aromatic heterocycles. The van der Waals surface area contributed by atoms with Crippen LogP contribution in [0.2, 0.25) is 0 Å². The molecule has 0 bridgehead atoms. The summed E-state index contributed by atoms with van der Waals surface area (Å²) in [5.74, 6) is 0. The Labute approximate surface area is 46.1 Å². The summed E-state index contributed by atoms with van der Waals surface area (Å²) in [5.41, 5.74) is 0.771.